The van der Waals surface area contributed by atoms with Crippen molar-refractivity contribution in [2.75, 3.05) is 18.8 Å². The number of nitrogens with zero attached hydrogens (tertiary/aromatic N) is 1. The van der Waals surface area contributed by atoms with E-state index in [1.54, 1.807) is 30.3 Å². The van der Waals surface area contributed by atoms with Gasteiger partial charge >= 0.3 is 0 Å². The molecule has 7 nitrogen and oxygen atoms in total. The van der Waals surface area contributed by atoms with Crippen molar-refractivity contribution in [1.29, 1.82) is 0 Å². The van der Waals surface area contributed by atoms with Crippen LogP contribution in [-0.2, 0) is 9.59 Å². The summed E-state index contributed by atoms with van der Waals surface area (Å²) in [5, 5.41) is 11.4. The number of ketones is 1. The van der Waals surface area contributed by atoms with E-state index >= 15 is 0 Å². The quantitative estimate of drug-likeness (QED) is 0.348. The molecule has 0 bridgehead atoms. The minimum absolute atomic E-state index is 0.0192. The molecule has 1 amide bonds. The molecule has 0 spiro atoms. The van der Waals surface area contributed by atoms with Crippen LogP contribution >= 0.6 is 0 Å². The summed E-state index contributed by atoms with van der Waals surface area (Å²) in [6.07, 6.45) is 0. The molecule has 0 aliphatic carbocycles. The molecule has 7 heteroatoms. The second-order valence-electron chi connectivity index (χ2n) is 8.27. The number of para-hydroxylation sites is 1. The van der Waals surface area contributed by atoms with Crippen LogP contribution in [-0.4, -0.2) is 30.7 Å². The first kappa shape index (κ1) is 21.6. The number of hydrogen-bond donors (Lipinski definition) is 1. The Bertz CT molecular complexity index is 1360. The van der Waals surface area contributed by atoms with Crippen LogP contribution < -0.4 is 19.1 Å². The molecule has 1 N–H and O–H groups in total. The van der Waals surface area contributed by atoms with Gasteiger partial charge in [0, 0.05) is 16.8 Å². The lowest BCUT2D eigenvalue weighted by molar-refractivity contribution is -0.132. The summed E-state index contributed by atoms with van der Waals surface area (Å²) >= 11 is 0. The number of aliphatic hydroxyl groups is 1. The number of aryl methyl sites for hydroxylation is 2. The third kappa shape index (κ3) is 3.37. The molecule has 3 aromatic carbocycles. The van der Waals surface area contributed by atoms with E-state index in [0.717, 1.165) is 11.1 Å². The number of aliphatic hydroxyl groups excluding tert-OH is 1. The fourth-order valence-electron chi connectivity index (χ4n) is 4.45. The van der Waals surface area contributed by atoms with Gasteiger partial charge in [-0.25, -0.2) is 0 Å². The van der Waals surface area contributed by atoms with E-state index in [9.17, 15) is 14.7 Å². The van der Waals surface area contributed by atoms with Gasteiger partial charge in [-0.3, -0.25) is 14.5 Å². The predicted octanol–water partition coefficient (Wildman–Crippen LogP) is 4.67. The maximum atomic E-state index is 13.4. The molecule has 1 atom stereocenters. The smallest absolute Gasteiger partial charge is 0.300 e. The first-order valence-electron chi connectivity index (χ1n) is 10.8. The second-order valence-corrected chi connectivity index (χ2v) is 8.27. The second kappa shape index (κ2) is 8.26. The summed E-state index contributed by atoms with van der Waals surface area (Å²) in [5.41, 5.74) is 3.29. The molecule has 172 valence electrons. The zero-order valence-corrected chi connectivity index (χ0v) is 19.0. The molecule has 0 saturated carbocycles. The Kier molecular flexibility index (Phi) is 5.24. The van der Waals surface area contributed by atoms with Gasteiger partial charge in [0.1, 0.15) is 11.5 Å². The highest BCUT2D eigenvalue weighted by Crippen LogP contribution is 2.46. The van der Waals surface area contributed by atoms with Crippen LogP contribution in [0.1, 0.15) is 28.3 Å². The van der Waals surface area contributed by atoms with E-state index in [1.807, 2.05) is 44.2 Å². The average Bonchev–Trinajstić information content (AvgIpc) is 3.42. The minimum atomic E-state index is -0.887. The third-order valence-electron chi connectivity index (χ3n) is 6.15. The number of hydrogen-bond acceptors (Lipinski definition) is 6. The molecule has 0 aromatic heterocycles. The van der Waals surface area contributed by atoms with Crippen LogP contribution in [0.2, 0.25) is 0 Å². The number of amides is 1. The number of carbonyl (C=O) groups is 2. The molecule has 3 aromatic rings. The zero-order valence-electron chi connectivity index (χ0n) is 19.0. The number of Topliss-reactive ketones (excluding diaryl/α,β-unsaturated/α-hetero) is 1. The summed E-state index contributed by atoms with van der Waals surface area (Å²) in [7, 11) is 1.53. The van der Waals surface area contributed by atoms with Crippen LogP contribution in [0.25, 0.3) is 5.76 Å². The number of ether oxygens (including phenoxy) is 3. The Balaban J connectivity index is 1.76. The Morgan fingerprint density at radius 2 is 1.76 bits per heavy atom. The molecule has 1 saturated heterocycles. The summed E-state index contributed by atoms with van der Waals surface area (Å²) < 4.78 is 16.4. The van der Waals surface area contributed by atoms with Crippen LogP contribution in [0.4, 0.5) is 5.69 Å². The van der Waals surface area contributed by atoms with Crippen molar-refractivity contribution in [3.63, 3.8) is 0 Å². The Morgan fingerprint density at radius 3 is 2.56 bits per heavy atom. The maximum Gasteiger partial charge on any atom is 0.300 e. The number of benzene rings is 3. The van der Waals surface area contributed by atoms with E-state index in [4.69, 9.17) is 14.2 Å². The van der Waals surface area contributed by atoms with Gasteiger partial charge in [0.15, 0.2) is 11.5 Å². The van der Waals surface area contributed by atoms with E-state index < -0.39 is 17.7 Å². The molecule has 1 unspecified atom stereocenters. The molecule has 1 fully saturated rings. The van der Waals surface area contributed by atoms with Crippen LogP contribution in [0, 0.1) is 13.8 Å². The molecule has 2 aliphatic heterocycles. The minimum Gasteiger partial charge on any atom is -0.507 e. The van der Waals surface area contributed by atoms with Gasteiger partial charge in [-0.15, -0.1) is 0 Å². The number of carbonyl (C=O) groups excluding carboxylic acids is 2. The fraction of sp³-hybridized carbons (Fsp3) is 0.185. The Labute approximate surface area is 196 Å². The lowest BCUT2D eigenvalue weighted by atomic mass is 9.94. The first-order chi connectivity index (χ1) is 16.4. The average molecular weight is 457 g/mol. The molecule has 34 heavy (non-hydrogen) atoms. The summed E-state index contributed by atoms with van der Waals surface area (Å²) in [6.45, 7) is 3.88. The van der Waals surface area contributed by atoms with Crippen LogP contribution in [0.5, 0.6) is 17.2 Å². The summed E-state index contributed by atoms with van der Waals surface area (Å²) in [4.78, 5) is 28.3. The fourth-order valence-corrected chi connectivity index (χ4v) is 4.45. The van der Waals surface area contributed by atoms with Crippen LogP contribution in [0.3, 0.4) is 0 Å². The SMILES string of the molecule is COc1ccccc1C1/C(=C(\O)c2ccc3c(c2)OCO3)C(=O)C(=O)N1c1cc(C)ccc1C. The van der Waals surface area contributed by atoms with Crippen molar-refractivity contribution in [3.05, 3.63) is 88.5 Å². The highest BCUT2D eigenvalue weighted by atomic mass is 16.7. The van der Waals surface area contributed by atoms with Crippen molar-refractivity contribution < 1.29 is 28.9 Å². The van der Waals surface area contributed by atoms with Crippen molar-refractivity contribution in [3.8, 4) is 17.2 Å². The predicted molar refractivity (Wildman–Crippen MR) is 126 cm³/mol. The number of rotatable bonds is 4. The highest BCUT2D eigenvalue weighted by Gasteiger charge is 2.48. The standard InChI is InChI=1S/C27H23NO6/c1-15-8-9-16(2)19(12-15)28-24(18-6-4-5-7-20(18)32-3)23(26(30)27(28)31)25(29)17-10-11-21-22(13-17)34-14-33-21/h4-13,24,29H,14H2,1-3H3/b25-23+. The molecule has 0 radical (unpaired) electrons. The number of anilines is 1. The molecule has 2 aliphatic rings. The van der Waals surface area contributed by atoms with Gasteiger partial charge < -0.3 is 19.3 Å². The van der Waals surface area contributed by atoms with Crippen molar-refractivity contribution in [2.24, 2.45) is 0 Å². The Hall–Kier alpha value is -4.26. The lowest BCUT2D eigenvalue weighted by Crippen LogP contribution is -2.30. The third-order valence-corrected chi connectivity index (χ3v) is 6.15. The van der Waals surface area contributed by atoms with E-state index in [2.05, 4.69) is 0 Å². The number of methoxy groups -OCH3 is 1. The van der Waals surface area contributed by atoms with Gasteiger partial charge in [0.2, 0.25) is 6.79 Å². The maximum absolute atomic E-state index is 13.4. The van der Waals surface area contributed by atoms with Crippen molar-refractivity contribution in [1.82, 2.24) is 0 Å². The number of fused-ring (bicyclic) bond motifs is 1. The first-order valence-corrected chi connectivity index (χ1v) is 10.8. The van der Waals surface area contributed by atoms with Gasteiger partial charge in [0.25, 0.3) is 11.7 Å². The van der Waals surface area contributed by atoms with Crippen LogP contribution in [0.15, 0.2) is 66.2 Å². The van der Waals surface area contributed by atoms with Gasteiger partial charge in [-0.05, 0) is 55.3 Å². The highest BCUT2D eigenvalue weighted by molar-refractivity contribution is 6.51. The summed E-state index contributed by atoms with van der Waals surface area (Å²) in [5.74, 6) is -0.268. The van der Waals surface area contributed by atoms with Gasteiger partial charge in [-0.2, -0.15) is 0 Å². The normalized spacial score (nSPS) is 18.4. The molecular weight excluding hydrogens is 434 g/mol. The van der Waals surface area contributed by atoms with Gasteiger partial charge in [0.05, 0.1) is 18.7 Å². The van der Waals surface area contributed by atoms with E-state index in [-0.39, 0.29) is 18.1 Å². The van der Waals surface area contributed by atoms with Crippen molar-refractivity contribution in [2.45, 2.75) is 19.9 Å². The van der Waals surface area contributed by atoms with E-state index in [0.29, 0.717) is 34.1 Å². The van der Waals surface area contributed by atoms with E-state index in [1.165, 1.54) is 12.0 Å². The molecular formula is C27H23NO6. The zero-order chi connectivity index (χ0) is 24.0. The molecule has 2 heterocycles. The largest absolute Gasteiger partial charge is 0.507 e. The monoisotopic (exact) mass is 457 g/mol. The van der Waals surface area contributed by atoms with Gasteiger partial charge in [-0.1, -0.05) is 30.3 Å². The lowest BCUT2D eigenvalue weighted by Gasteiger charge is -2.28. The van der Waals surface area contributed by atoms with Crippen molar-refractivity contribution >= 4 is 23.1 Å². The summed E-state index contributed by atoms with van der Waals surface area (Å²) in [6, 6.07) is 16.9. The molecule has 5 rings (SSSR count). The Morgan fingerprint density at radius 1 is 1.00 bits per heavy atom. The topological polar surface area (TPSA) is 85.3 Å².